The molecule has 0 radical (unpaired) electrons. The number of piperidine rings is 1. The molecular weight excluding hydrogens is 586 g/mol. The number of rotatable bonds is 8. The molecule has 2 atom stereocenters. The van der Waals surface area contributed by atoms with E-state index in [9.17, 15) is 18.4 Å². The number of ether oxygens (including phenoxy) is 1. The molecule has 5 rings (SSSR count). The molecule has 4 heterocycles. The molecule has 3 N–H and O–H groups in total. The number of aliphatic imine (C=N–C) groups is 1. The number of hydrogen-bond acceptors (Lipinski definition) is 10. The minimum atomic E-state index is -2.54. The molecule has 1 fully saturated rings. The molecule has 15 heteroatoms. The number of nitrogens with zero attached hydrogens (tertiary/aromatic N) is 7. The molecule has 3 aromatic rings. The van der Waals surface area contributed by atoms with Gasteiger partial charge in [0.2, 0.25) is 5.91 Å². The minimum Gasteiger partial charge on any atom is -0.458 e. The standard InChI is InChI=1S/C29H39N9O5S/c1-19-6-8-21(9-7-19)38(44(41)42)22(27(40)43-29(2,3)4)16-37-18-34-23-24(32-17-33-25(23)37)36-14-10-20(11-15-36)26(39)35-28-30-12-5-13-31-28/h6-9,17-18,20,22H,5,10-16H2,1-4H3,(H,41,42)(H2,30,31,35,39). The van der Waals surface area contributed by atoms with Crippen LogP contribution in [0, 0.1) is 12.8 Å². The monoisotopic (exact) mass is 625 g/mol. The Morgan fingerprint density at radius 1 is 1.18 bits per heavy atom. The predicted octanol–water partition coefficient (Wildman–Crippen LogP) is 2.17. The quantitative estimate of drug-likeness (QED) is 0.249. The van der Waals surface area contributed by atoms with Gasteiger partial charge in [0.25, 0.3) is 11.3 Å². The van der Waals surface area contributed by atoms with Crippen LogP contribution in [0.4, 0.5) is 11.5 Å². The fourth-order valence-corrected chi connectivity index (χ4v) is 5.97. The second-order valence-corrected chi connectivity index (χ2v) is 12.8. The van der Waals surface area contributed by atoms with E-state index in [0.29, 0.717) is 61.1 Å². The van der Waals surface area contributed by atoms with Crippen molar-refractivity contribution in [1.82, 2.24) is 30.2 Å². The van der Waals surface area contributed by atoms with E-state index < -0.39 is 28.9 Å². The summed E-state index contributed by atoms with van der Waals surface area (Å²) >= 11 is -2.54. The van der Waals surface area contributed by atoms with Crippen LogP contribution >= 0.6 is 0 Å². The number of anilines is 2. The lowest BCUT2D eigenvalue weighted by Crippen LogP contribution is -2.48. The van der Waals surface area contributed by atoms with E-state index >= 15 is 0 Å². The fourth-order valence-electron chi connectivity index (χ4n) is 5.29. The van der Waals surface area contributed by atoms with Crippen molar-refractivity contribution in [2.75, 3.05) is 35.4 Å². The minimum absolute atomic E-state index is 0.0394. The average molecular weight is 626 g/mol. The zero-order chi connectivity index (χ0) is 31.4. The first-order valence-electron chi connectivity index (χ1n) is 14.7. The summed E-state index contributed by atoms with van der Waals surface area (Å²) in [6.45, 7) is 9.79. The van der Waals surface area contributed by atoms with E-state index in [0.717, 1.165) is 22.8 Å². The topological polar surface area (TPSA) is 167 Å². The van der Waals surface area contributed by atoms with E-state index in [1.807, 2.05) is 6.92 Å². The molecule has 2 aliphatic rings. The third kappa shape index (κ3) is 7.33. The van der Waals surface area contributed by atoms with Gasteiger partial charge in [-0.25, -0.2) is 24.0 Å². The summed E-state index contributed by atoms with van der Waals surface area (Å²) in [5.74, 6) is 0.325. The lowest BCUT2D eigenvalue weighted by molar-refractivity contribution is -0.156. The van der Waals surface area contributed by atoms with Gasteiger partial charge < -0.3 is 19.5 Å². The smallest absolute Gasteiger partial charge is 0.332 e. The summed E-state index contributed by atoms with van der Waals surface area (Å²) in [7, 11) is 0. The van der Waals surface area contributed by atoms with Gasteiger partial charge in [-0.05, 0) is 59.1 Å². The number of aromatic nitrogens is 4. The Kier molecular flexibility index (Phi) is 9.44. The highest BCUT2D eigenvalue weighted by atomic mass is 32.2. The van der Waals surface area contributed by atoms with Crippen molar-refractivity contribution in [2.45, 2.75) is 65.1 Å². The average Bonchev–Trinajstić information content (AvgIpc) is 3.40. The summed E-state index contributed by atoms with van der Waals surface area (Å²) in [5.41, 5.74) is 1.55. The van der Waals surface area contributed by atoms with E-state index in [-0.39, 0.29) is 18.4 Å². The number of hydrogen-bond donors (Lipinski definition) is 3. The van der Waals surface area contributed by atoms with Crippen molar-refractivity contribution in [2.24, 2.45) is 10.9 Å². The Morgan fingerprint density at radius 2 is 1.91 bits per heavy atom. The summed E-state index contributed by atoms with van der Waals surface area (Å²) in [4.78, 5) is 46.3. The number of fused-ring (bicyclic) bond motifs is 1. The SMILES string of the molecule is Cc1ccc(N(C(Cn2cnc3c(N4CCC(C(=O)NC5=NCCCN5)CC4)ncnc32)C(=O)OC(C)(C)C)S(=O)O)cc1. The van der Waals surface area contributed by atoms with Crippen LogP contribution in [0.2, 0.25) is 0 Å². The maximum Gasteiger partial charge on any atom is 0.332 e. The third-order valence-corrected chi connectivity index (χ3v) is 8.28. The van der Waals surface area contributed by atoms with Crippen LogP contribution in [0.1, 0.15) is 45.6 Å². The van der Waals surface area contributed by atoms with Gasteiger partial charge in [0, 0.05) is 32.1 Å². The zero-order valence-electron chi connectivity index (χ0n) is 25.4. The molecular formula is C29H39N9O5S. The van der Waals surface area contributed by atoms with E-state index in [1.54, 1.807) is 55.9 Å². The molecule has 1 aromatic carbocycles. The summed E-state index contributed by atoms with van der Waals surface area (Å²) in [5, 5.41) is 6.03. The predicted molar refractivity (Wildman–Crippen MR) is 167 cm³/mol. The fraction of sp³-hybridized carbons (Fsp3) is 0.517. The second-order valence-electron chi connectivity index (χ2n) is 12.0. The first-order valence-corrected chi connectivity index (χ1v) is 15.8. The Labute approximate surface area is 258 Å². The number of benzene rings is 1. The number of aryl methyl sites for hydroxylation is 1. The van der Waals surface area contributed by atoms with Crippen molar-refractivity contribution in [3.8, 4) is 0 Å². The molecule has 236 valence electrons. The first kappa shape index (κ1) is 31.3. The number of imidazole rings is 1. The third-order valence-electron chi connectivity index (χ3n) is 7.47. The lowest BCUT2D eigenvalue weighted by Gasteiger charge is -2.32. The molecule has 0 bridgehead atoms. The van der Waals surface area contributed by atoms with E-state index in [4.69, 9.17) is 4.74 Å². The van der Waals surface area contributed by atoms with Crippen LogP contribution in [-0.4, -0.2) is 83.9 Å². The molecule has 0 spiro atoms. The largest absolute Gasteiger partial charge is 0.458 e. The molecule has 0 saturated carbocycles. The molecule has 0 aliphatic carbocycles. The normalized spacial score (nSPS) is 17.4. The van der Waals surface area contributed by atoms with Gasteiger partial charge in [-0.15, -0.1) is 0 Å². The molecule has 14 nitrogen and oxygen atoms in total. The van der Waals surface area contributed by atoms with Crippen LogP contribution in [0.3, 0.4) is 0 Å². The Hall–Kier alpha value is -4.11. The van der Waals surface area contributed by atoms with Gasteiger partial charge in [0.05, 0.1) is 18.6 Å². The zero-order valence-corrected chi connectivity index (χ0v) is 26.2. The molecule has 44 heavy (non-hydrogen) atoms. The summed E-state index contributed by atoms with van der Waals surface area (Å²) < 4.78 is 31.5. The lowest BCUT2D eigenvalue weighted by atomic mass is 9.96. The van der Waals surface area contributed by atoms with Crippen molar-refractivity contribution >= 4 is 51.8 Å². The number of carbonyl (C=O) groups is 2. The van der Waals surface area contributed by atoms with Crippen molar-refractivity contribution in [3.05, 3.63) is 42.5 Å². The molecule has 1 saturated heterocycles. The van der Waals surface area contributed by atoms with Gasteiger partial charge in [0.15, 0.2) is 29.0 Å². The van der Waals surface area contributed by atoms with Crippen LogP contribution in [0.15, 0.2) is 41.9 Å². The van der Waals surface area contributed by atoms with Crippen molar-refractivity contribution in [1.29, 1.82) is 0 Å². The summed E-state index contributed by atoms with van der Waals surface area (Å²) in [6, 6.07) is 5.82. The number of nitrogens with one attached hydrogen (secondary N) is 2. The van der Waals surface area contributed by atoms with Crippen molar-refractivity contribution in [3.63, 3.8) is 0 Å². The Bertz CT molecular complexity index is 1540. The highest BCUT2D eigenvalue weighted by molar-refractivity contribution is 7.80. The van der Waals surface area contributed by atoms with Crippen LogP contribution < -0.4 is 19.8 Å². The van der Waals surface area contributed by atoms with Crippen molar-refractivity contribution < 1.29 is 23.1 Å². The number of esters is 1. The van der Waals surface area contributed by atoms with Crippen LogP contribution in [0.5, 0.6) is 0 Å². The van der Waals surface area contributed by atoms with Crippen LogP contribution in [-0.2, 0) is 32.1 Å². The van der Waals surface area contributed by atoms with Crippen LogP contribution in [0.25, 0.3) is 11.2 Å². The maximum atomic E-state index is 13.5. The molecule has 2 aromatic heterocycles. The molecule has 1 amide bonds. The van der Waals surface area contributed by atoms with E-state index in [2.05, 4.69) is 35.5 Å². The number of guanidine groups is 1. The number of carbonyl (C=O) groups excluding carboxylic acids is 2. The second kappa shape index (κ2) is 13.3. The Balaban J connectivity index is 1.37. The summed E-state index contributed by atoms with van der Waals surface area (Å²) in [6.07, 6.45) is 5.21. The molecule has 2 aliphatic heterocycles. The first-order chi connectivity index (χ1) is 21.0. The molecule has 2 unspecified atom stereocenters. The van der Waals surface area contributed by atoms with E-state index in [1.165, 1.54) is 6.33 Å². The maximum absolute atomic E-state index is 13.5. The van der Waals surface area contributed by atoms with Gasteiger partial charge >= 0.3 is 5.97 Å². The highest BCUT2D eigenvalue weighted by Crippen LogP contribution is 2.28. The Morgan fingerprint density at radius 3 is 2.55 bits per heavy atom. The van der Waals surface area contributed by atoms with Gasteiger partial charge in [0.1, 0.15) is 11.9 Å². The van der Waals surface area contributed by atoms with Gasteiger partial charge in [-0.2, -0.15) is 0 Å². The van der Waals surface area contributed by atoms with Gasteiger partial charge in [-0.1, -0.05) is 17.7 Å². The van der Waals surface area contributed by atoms with Gasteiger partial charge in [-0.3, -0.25) is 24.0 Å². The number of amides is 1. The highest BCUT2D eigenvalue weighted by Gasteiger charge is 2.35.